The maximum Gasteiger partial charge on any atom is 0.147 e. The predicted molar refractivity (Wildman–Crippen MR) is 74.0 cm³/mol. The quantitative estimate of drug-likeness (QED) is 0.919. The van der Waals surface area contributed by atoms with E-state index in [9.17, 15) is 0 Å². The Bertz CT molecular complexity index is 563. The summed E-state index contributed by atoms with van der Waals surface area (Å²) in [6, 6.07) is 3.48. The lowest BCUT2D eigenvalue weighted by Crippen LogP contribution is -2.28. The molecule has 1 N–H and O–H groups in total. The van der Waals surface area contributed by atoms with Crippen LogP contribution in [0.1, 0.15) is 19.3 Å². The van der Waals surface area contributed by atoms with Crippen molar-refractivity contribution in [3.8, 4) is 0 Å². The van der Waals surface area contributed by atoms with E-state index >= 15 is 0 Å². The highest BCUT2D eigenvalue weighted by molar-refractivity contribution is 7.17. The predicted octanol–water partition coefficient (Wildman–Crippen LogP) is 2.34. The second-order valence-electron chi connectivity index (χ2n) is 5.21. The summed E-state index contributed by atoms with van der Waals surface area (Å²) in [5, 5.41) is 5.68. The van der Waals surface area contributed by atoms with Gasteiger partial charge in [-0.25, -0.2) is 9.97 Å². The standard InChI is InChI=1S/C13H16N4S/c1-2-10(1)17-5-3-9(7-17)16-13-12-11(4-6-18-12)14-8-15-13/h4,6,8-10H,1-3,5,7H2,(H,14,15,16)/t9-/m1/s1. The third-order valence-electron chi connectivity index (χ3n) is 3.87. The lowest BCUT2D eigenvalue weighted by molar-refractivity contribution is 0.326. The molecule has 2 aromatic rings. The zero-order chi connectivity index (χ0) is 11.9. The van der Waals surface area contributed by atoms with Crippen LogP contribution in [-0.2, 0) is 0 Å². The number of thiophene rings is 1. The minimum Gasteiger partial charge on any atom is -0.365 e. The Morgan fingerprint density at radius 3 is 3.11 bits per heavy atom. The Morgan fingerprint density at radius 2 is 2.22 bits per heavy atom. The van der Waals surface area contributed by atoms with Crippen molar-refractivity contribution in [3.63, 3.8) is 0 Å². The average Bonchev–Trinajstić information content (AvgIpc) is 2.94. The van der Waals surface area contributed by atoms with Crippen molar-refractivity contribution >= 4 is 27.4 Å². The van der Waals surface area contributed by atoms with Crippen LogP contribution in [0.2, 0.25) is 0 Å². The van der Waals surface area contributed by atoms with E-state index in [1.54, 1.807) is 17.7 Å². The molecule has 1 aliphatic carbocycles. The molecule has 1 aliphatic heterocycles. The van der Waals surface area contributed by atoms with Gasteiger partial charge in [-0.1, -0.05) is 0 Å². The van der Waals surface area contributed by atoms with Gasteiger partial charge in [-0.15, -0.1) is 11.3 Å². The van der Waals surface area contributed by atoms with Crippen LogP contribution >= 0.6 is 11.3 Å². The highest BCUT2D eigenvalue weighted by Gasteiger charge is 2.34. The summed E-state index contributed by atoms with van der Waals surface area (Å²) < 4.78 is 1.18. The molecule has 0 amide bonds. The summed E-state index contributed by atoms with van der Waals surface area (Å²) in [6.45, 7) is 2.41. The highest BCUT2D eigenvalue weighted by Crippen LogP contribution is 2.31. The average molecular weight is 260 g/mol. The van der Waals surface area contributed by atoms with Gasteiger partial charge in [0.1, 0.15) is 12.1 Å². The lowest BCUT2D eigenvalue weighted by Gasteiger charge is -2.16. The molecule has 2 fully saturated rings. The Kier molecular flexibility index (Phi) is 2.48. The zero-order valence-corrected chi connectivity index (χ0v) is 11.0. The normalized spacial score (nSPS) is 24.8. The van der Waals surface area contributed by atoms with Gasteiger partial charge in [-0.2, -0.15) is 0 Å². The number of likely N-dealkylation sites (tertiary alicyclic amines) is 1. The van der Waals surface area contributed by atoms with Crippen molar-refractivity contribution in [1.29, 1.82) is 0 Å². The third-order valence-corrected chi connectivity index (χ3v) is 4.78. The molecule has 4 rings (SSSR count). The number of nitrogens with one attached hydrogen (secondary N) is 1. The van der Waals surface area contributed by atoms with E-state index in [4.69, 9.17) is 0 Å². The molecule has 1 saturated heterocycles. The van der Waals surface area contributed by atoms with Crippen LogP contribution in [0.25, 0.3) is 10.2 Å². The summed E-state index contributed by atoms with van der Waals surface area (Å²) in [4.78, 5) is 11.3. The first-order chi connectivity index (χ1) is 8.90. The second-order valence-corrected chi connectivity index (χ2v) is 6.13. The molecule has 3 heterocycles. The number of hydrogen-bond acceptors (Lipinski definition) is 5. The number of aromatic nitrogens is 2. The monoisotopic (exact) mass is 260 g/mol. The Morgan fingerprint density at radius 1 is 1.28 bits per heavy atom. The Hall–Kier alpha value is -1.20. The molecule has 1 saturated carbocycles. The fourth-order valence-electron chi connectivity index (χ4n) is 2.76. The van der Waals surface area contributed by atoms with Gasteiger partial charge in [-0.05, 0) is 30.7 Å². The number of nitrogens with zero attached hydrogens (tertiary/aromatic N) is 3. The molecule has 2 aromatic heterocycles. The van der Waals surface area contributed by atoms with Crippen molar-refractivity contribution in [2.45, 2.75) is 31.3 Å². The van der Waals surface area contributed by atoms with E-state index in [0.717, 1.165) is 17.4 Å². The second kappa shape index (κ2) is 4.17. The summed E-state index contributed by atoms with van der Waals surface area (Å²) in [6.07, 6.45) is 5.68. The lowest BCUT2D eigenvalue weighted by atomic mass is 10.2. The topological polar surface area (TPSA) is 41.1 Å². The Balaban J connectivity index is 1.52. The van der Waals surface area contributed by atoms with Crippen LogP contribution in [0.3, 0.4) is 0 Å². The summed E-state index contributed by atoms with van der Waals surface area (Å²) in [7, 11) is 0. The van der Waals surface area contributed by atoms with Gasteiger partial charge in [0.05, 0.1) is 10.2 Å². The van der Waals surface area contributed by atoms with E-state index in [2.05, 4.69) is 31.6 Å². The molecule has 0 unspecified atom stereocenters. The van der Waals surface area contributed by atoms with Crippen LogP contribution in [-0.4, -0.2) is 40.0 Å². The third kappa shape index (κ3) is 1.87. The smallest absolute Gasteiger partial charge is 0.147 e. The van der Waals surface area contributed by atoms with Gasteiger partial charge in [0.2, 0.25) is 0 Å². The van der Waals surface area contributed by atoms with Crippen LogP contribution in [0.4, 0.5) is 5.82 Å². The molecule has 1 atom stereocenters. The zero-order valence-electron chi connectivity index (χ0n) is 10.2. The molecular formula is C13H16N4S. The van der Waals surface area contributed by atoms with Gasteiger partial charge < -0.3 is 5.32 Å². The van der Waals surface area contributed by atoms with Gasteiger partial charge in [0, 0.05) is 25.2 Å². The van der Waals surface area contributed by atoms with Crippen molar-refractivity contribution in [2.24, 2.45) is 0 Å². The molecule has 0 bridgehead atoms. The van der Waals surface area contributed by atoms with E-state index in [0.29, 0.717) is 6.04 Å². The number of fused-ring (bicyclic) bond motifs is 1. The highest BCUT2D eigenvalue weighted by atomic mass is 32.1. The number of anilines is 1. The number of rotatable bonds is 3. The van der Waals surface area contributed by atoms with Crippen molar-refractivity contribution in [1.82, 2.24) is 14.9 Å². The van der Waals surface area contributed by atoms with E-state index < -0.39 is 0 Å². The summed E-state index contributed by atoms with van der Waals surface area (Å²) in [5.41, 5.74) is 1.05. The maximum atomic E-state index is 4.40. The molecule has 0 aromatic carbocycles. The van der Waals surface area contributed by atoms with Gasteiger partial charge >= 0.3 is 0 Å². The maximum absolute atomic E-state index is 4.40. The van der Waals surface area contributed by atoms with Crippen LogP contribution in [0.5, 0.6) is 0 Å². The number of hydrogen-bond donors (Lipinski definition) is 1. The Labute approximate surface area is 110 Å². The van der Waals surface area contributed by atoms with Crippen LogP contribution in [0.15, 0.2) is 17.8 Å². The van der Waals surface area contributed by atoms with Crippen LogP contribution < -0.4 is 5.32 Å². The molecular weight excluding hydrogens is 244 g/mol. The van der Waals surface area contributed by atoms with E-state index in [1.165, 1.54) is 37.1 Å². The summed E-state index contributed by atoms with van der Waals surface area (Å²) >= 11 is 1.72. The first kappa shape index (κ1) is 10.7. The van der Waals surface area contributed by atoms with Crippen molar-refractivity contribution in [3.05, 3.63) is 17.8 Å². The van der Waals surface area contributed by atoms with Gasteiger partial charge in [0.15, 0.2) is 0 Å². The molecule has 18 heavy (non-hydrogen) atoms. The molecule has 0 spiro atoms. The van der Waals surface area contributed by atoms with Gasteiger partial charge in [-0.3, -0.25) is 4.90 Å². The fraction of sp³-hybridized carbons (Fsp3) is 0.538. The van der Waals surface area contributed by atoms with Crippen molar-refractivity contribution in [2.75, 3.05) is 18.4 Å². The summed E-state index contributed by atoms with van der Waals surface area (Å²) in [5.74, 6) is 1.01. The van der Waals surface area contributed by atoms with E-state index in [1.807, 2.05) is 0 Å². The van der Waals surface area contributed by atoms with Crippen molar-refractivity contribution < 1.29 is 0 Å². The first-order valence-corrected chi connectivity index (χ1v) is 7.47. The fourth-order valence-corrected chi connectivity index (χ4v) is 3.56. The molecule has 5 heteroatoms. The molecule has 0 radical (unpaired) electrons. The van der Waals surface area contributed by atoms with Crippen LogP contribution in [0, 0.1) is 0 Å². The molecule has 4 nitrogen and oxygen atoms in total. The molecule has 2 aliphatic rings. The molecule has 94 valence electrons. The largest absolute Gasteiger partial charge is 0.365 e. The minimum atomic E-state index is 0.547. The van der Waals surface area contributed by atoms with E-state index in [-0.39, 0.29) is 0 Å². The van der Waals surface area contributed by atoms with Gasteiger partial charge in [0.25, 0.3) is 0 Å². The SMILES string of the molecule is c1nc(N[C@@H]2CCN(C3CC3)C2)c2sccc2n1. The minimum absolute atomic E-state index is 0.547. The first-order valence-electron chi connectivity index (χ1n) is 6.59.